The highest BCUT2D eigenvalue weighted by atomic mass is 16.5. The van der Waals surface area contributed by atoms with Gasteiger partial charge in [-0.05, 0) is 13.0 Å². The molecular formula is C13H17N3O3. The van der Waals surface area contributed by atoms with Gasteiger partial charge in [-0.3, -0.25) is 4.79 Å². The molecule has 6 nitrogen and oxygen atoms in total. The average molecular weight is 263 g/mol. The van der Waals surface area contributed by atoms with Crippen LogP contribution in [0.4, 0.5) is 0 Å². The van der Waals surface area contributed by atoms with Gasteiger partial charge in [-0.15, -0.1) is 0 Å². The Morgan fingerprint density at radius 2 is 2.11 bits per heavy atom. The second-order valence-electron chi connectivity index (χ2n) is 4.00. The Kier molecular flexibility index (Phi) is 4.85. The lowest BCUT2D eigenvalue weighted by molar-refractivity contribution is -0.129. The first-order valence-corrected chi connectivity index (χ1v) is 6.29. The van der Waals surface area contributed by atoms with Crippen LogP contribution in [0.1, 0.15) is 12.5 Å². The molecule has 0 bridgehead atoms. The number of hydrogen-bond donors (Lipinski definition) is 0. The third-order valence-electron chi connectivity index (χ3n) is 2.66. The first kappa shape index (κ1) is 13.5. The van der Waals surface area contributed by atoms with E-state index in [1.807, 2.05) is 6.92 Å². The van der Waals surface area contributed by atoms with Crippen LogP contribution in [0.25, 0.3) is 6.08 Å². The summed E-state index contributed by atoms with van der Waals surface area (Å²) < 4.78 is 10.3. The summed E-state index contributed by atoms with van der Waals surface area (Å²) in [5.74, 6) is -0.0165. The number of rotatable bonds is 4. The van der Waals surface area contributed by atoms with Crippen molar-refractivity contribution in [2.45, 2.75) is 6.92 Å². The average Bonchev–Trinajstić information content (AvgIpc) is 2.47. The molecule has 0 unspecified atom stereocenters. The molecule has 1 saturated heterocycles. The summed E-state index contributed by atoms with van der Waals surface area (Å²) in [6.45, 7) is 4.90. The van der Waals surface area contributed by atoms with E-state index in [0.717, 1.165) is 5.56 Å². The SMILES string of the molecule is CCOc1ncc(/C=C/C(=O)N2CCOCC2)cn1. The molecule has 0 atom stereocenters. The predicted molar refractivity (Wildman–Crippen MR) is 69.6 cm³/mol. The number of aromatic nitrogens is 2. The molecule has 1 aliphatic rings. The van der Waals surface area contributed by atoms with E-state index in [-0.39, 0.29) is 5.91 Å². The Morgan fingerprint density at radius 3 is 2.74 bits per heavy atom. The molecular weight excluding hydrogens is 246 g/mol. The zero-order valence-electron chi connectivity index (χ0n) is 10.9. The Bertz CT molecular complexity index is 439. The van der Waals surface area contributed by atoms with Crippen LogP contribution in [0.15, 0.2) is 18.5 Å². The molecule has 1 aromatic rings. The largest absolute Gasteiger partial charge is 0.464 e. The number of morpholine rings is 1. The summed E-state index contributed by atoms with van der Waals surface area (Å²) in [6, 6.07) is 0.346. The minimum absolute atomic E-state index is 0.0165. The van der Waals surface area contributed by atoms with Gasteiger partial charge < -0.3 is 14.4 Å². The van der Waals surface area contributed by atoms with Gasteiger partial charge in [0.05, 0.1) is 19.8 Å². The van der Waals surface area contributed by atoms with Crippen LogP contribution in [0.5, 0.6) is 6.01 Å². The molecule has 2 rings (SSSR count). The van der Waals surface area contributed by atoms with Crippen molar-refractivity contribution >= 4 is 12.0 Å². The zero-order valence-corrected chi connectivity index (χ0v) is 10.9. The van der Waals surface area contributed by atoms with Crippen molar-refractivity contribution in [3.63, 3.8) is 0 Å². The second kappa shape index (κ2) is 6.84. The van der Waals surface area contributed by atoms with Gasteiger partial charge in [0.25, 0.3) is 0 Å². The van der Waals surface area contributed by atoms with E-state index in [1.165, 1.54) is 6.08 Å². The second-order valence-corrected chi connectivity index (χ2v) is 4.00. The quantitative estimate of drug-likeness (QED) is 0.750. The van der Waals surface area contributed by atoms with Gasteiger partial charge >= 0.3 is 6.01 Å². The predicted octanol–water partition coefficient (Wildman–Crippen LogP) is 0.747. The number of hydrogen-bond acceptors (Lipinski definition) is 5. The van der Waals surface area contributed by atoms with Crippen molar-refractivity contribution in [1.29, 1.82) is 0 Å². The Morgan fingerprint density at radius 1 is 1.42 bits per heavy atom. The summed E-state index contributed by atoms with van der Waals surface area (Å²) >= 11 is 0. The van der Waals surface area contributed by atoms with Crippen LogP contribution in [0.2, 0.25) is 0 Å². The Balaban J connectivity index is 1.91. The zero-order chi connectivity index (χ0) is 13.5. The fraction of sp³-hybridized carbons (Fsp3) is 0.462. The molecule has 1 amide bonds. The maximum absolute atomic E-state index is 11.9. The van der Waals surface area contributed by atoms with Crippen LogP contribution in [0.3, 0.4) is 0 Å². The molecule has 0 radical (unpaired) electrons. The van der Waals surface area contributed by atoms with Gasteiger partial charge in [0.2, 0.25) is 5.91 Å². The molecule has 1 fully saturated rings. The van der Waals surface area contributed by atoms with Crippen LogP contribution in [-0.2, 0) is 9.53 Å². The van der Waals surface area contributed by atoms with Gasteiger partial charge in [0, 0.05) is 37.1 Å². The molecule has 19 heavy (non-hydrogen) atoms. The summed E-state index contributed by atoms with van der Waals surface area (Å²) in [4.78, 5) is 21.7. The van der Waals surface area contributed by atoms with Gasteiger partial charge in [0.15, 0.2) is 0 Å². The van der Waals surface area contributed by atoms with Crippen molar-refractivity contribution in [3.05, 3.63) is 24.0 Å². The minimum atomic E-state index is -0.0165. The van der Waals surface area contributed by atoms with E-state index >= 15 is 0 Å². The summed E-state index contributed by atoms with van der Waals surface area (Å²) in [5, 5.41) is 0. The normalized spacial score (nSPS) is 15.7. The van der Waals surface area contributed by atoms with Crippen LogP contribution in [0, 0.1) is 0 Å². The van der Waals surface area contributed by atoms with Crippen LogP contribution < -0.4 is 4.74 Å². The standard InChI is InChI=1S/C13H17N3O3/c1-2-19-13-14-9-11(10-15-13)3-4-12(17)16-5-7-18-8-6-16/h3-4,9-10H,2,5-8H2,1H3/b4-3+. The van der Waals surface area contributed by atoms with Gasteiger partial charge in [-0.2, -0.15) is 0 Å². The maximum atomic E-state index is 11.9. The van der Waals surface area contributed by atoms with Crippen molar-refractivity contribution in [1.82, 2.24) is 14.9 Å². The monoisotopic (exact) mass is 263 g/mol. The highest BCUT2D eigenvalue weighted by Gasteiger charge is 2.13. The molecule has 102 valence electrons. The van der Waals surface area contributed by atoms with Crippen molar-refractivity contribution in [2.75, 3.05) is 32.9 Å². The van der Waals surface area contributed by atoms with Crippen molar-refractivity contribution in [3.8, 4) is 6.01 Å². The highest BCUT2D eigenvalue weighted by molar-refractivity contribution is 5.91. The van der Waals surface area contributed by atoms with Crippen LogP contribution in [-0.4, -0.2) is 53.7 Å². The van der Waals surface area contributed by atoms with Gasteiger partial charge in [0.1, 0.15) is 0 Å². The Labute approximate surface area is 112 Å². The molecule has 0 N–H and O–H groups in total. The molecule has 6 heteroatoms. The van der Waals surface area contributed by atoms with E-state index in [9.17, 15) is 4.79 Å². The van der Waals surface area contributed by atoms with E-state index < -0.39 is 0 Å². The Hall–Kier alpha value is -1.95. The molecule has 2 heterocycles. The number of carbonyl (C=O) groups excluding carboxylic acids is 1. The van der Waals surface area contributed by atoms with Gasteiger partial charge in [-0.1, -0.05) is 0 Å². The molecule has 0 aromatic carbocycles. The molecule has 1 aliphatic heterocycles. The maximum Gasteiger partial charge on any atom is 0.316 e. The summed E-state index contributed by atoms with van der Waals surface area (Å²) in [6.07, 6.45) is 6.49. The first-order valence-electron chi connectivity index (χ1n) is 6.29. The summed E-state index contributed by atoms with van der Waals surface area (Å²) in [7, 11) is 0. The smallest absolute Gasteiger partial charge is 0.316 e. The third-order valence-corrected chi connectivity index (χ3v) is 2.66. The van der Waals surface area contributed by atoms with Crippen molar-refractivity contribution < 1.29 is 14.3 Å². The third kappa shape index (κ3) is 4.03. The summed E-state index contributed by atoms with van der Waals surface area (Å²) in [5.41, 5.74) is 0.769. The fourth-order valence-electron chi connectivity index (χ4n) is 1.67. The highest BCUT2D eigenvalue weighted by Crippen LogP contribution is 2.05. The van der Waals surface area contributed by atoms with Crippen LogP contribution >= 0.6 is 0 Å². The van der Waals surface area contributed by atoms with E-state index in [4.69, 9.17) is 9.47 Å². The number of nitrogens with zero attached hydrogens (tertiary/aromatic N) is 3. The van der Waals surface area contributed by atoms with E-state index in [0.29, 0.717) is 38.9 Å². The molecule has 0 spiro atoms. The lowest BCUT2D eigenvalue weighted by Crippen LogP contribution is -2.39. The topological polar surface area (TPSA) is 64.5 Å². The number of carbonyl (C=O) groups is 1. The molecule has 1 aromatic heterocycles. The minimum Gasteiger partial charge on any atom is -0.464 e. The lowest BCUT2D eigenvalue weighted by atomic mass is 10.3. The van der Waals surface area contributed by atoms with E-state index in [2.05, 4.69) is 9.97 Å². The van der Waals surface area contributed by atoms with Crippen molar-refractivity contribution in [2.24, 2.45) is 0 Å². The number of amides is 1. The lowest BCUT2D eigenvalue weighted by Gasteiger charge is -2.25. The van der Waals surface area contributed by atoms with Gasteiger partial charge in [-0.25, -0.2) is 9.97 Å². The first-order chi connectivity index (χ1) is 9.29. The number of ether oxygens (including phenoxy) is 2. The molecule has 0 aliphatic carbocycles. The molecule has 0 saturated carbocycles. The van der Waals surface area contributed by atoms with E-state index in [1.54, 1.807) is 23.4 Å². The fourth-order valence-corrected chi connectivity index (χ4v) is 1.67.